The van der Waals surface area contributed by atoms with Crippen molar-refractivity contribution < 1.29 is 15.0 Å². The molecule has 7 atom stereocenters. The second-order valence-corrected chi connectivity index (χ2v) is 11.7. The third-order valence-corrected chi connectivity index (χ3v) is 9.39. The number of carbonyl (C=O) groups excluding carboxylic acids is 1. The Balaban J connectivity index is 1.79. The van der Waals surface area contributed by atoms with Crippen LogP contribution >= 0.6 is 0 Å². The van der Waals surface area contributed by atoms with E-state index in [1.807, 2.05) is 0 Å². The molecular weight excluding hydrogens is 372 g/mol. The second kappa shape index (κ2) is 9.45. The first-order chi connectivity index (χ1) is 14.1. The average molecular weight is 419 g/mol. The fourth-order valence-electron chi connectivity index (χ4n) is 7.47. The van der Waals surface area contributed by atoms with E-state index in [9.17, 15) is 15.0 Å². The van der Waals surface area contributed by atoms with E-state index in [1.54, 1.807) is 0 Å². The molecule has 3 aliphatic carbocycles. The number of hydrogen-bond donors (Lipinski definition) is 2. The van der Waals surface area contributed by atoms with E-state index in [1.165, 1.54) is 31.3 Å². The first-order valence-electron chi connectivity index (χ1n) is 12.7. The van der Waals surface area contributed by atoms with Crippen molar-refractivity contribution in [3.8, 4) is 0 Å². The molecule has 0 saturated heterocycles. The first-order valence-corrected chi connectivity index (χ1v) is 12.7. The van der Waals surface area contributed by atoms with Crippen LogP contribution in [0.25, 0.3) is 0 Å². The molecule has 3 nitrogen and oxygen atoms in total. The quantitative estimate of drug-likeness (QED) is 0.480. The minimum atomic E-state index is -0.372. The molecule has 0 unspecified atom stereocenters. The smallest absolute Gasteiger partial charge is 0.146 e. The fraction of sp³-hybridized carbons (Fsp3) is 0.889. The van der Waals surface area contributed by atoms with E-state index in [2.05, 4.69) is 40.7 Å². The summed E-state index contributed by atoms with van der Waals surface area (Å²) in [6, 6.07) is 0. The molecular formula is C27H46O3. The number of aliphatic hydroxyl groups is 2. The molecule has 3 aliphatic rings. The minimum absolute atomic E-state index is 0.0439. The lowest BCUT2D eigenvalue weighted by atomic mass is 9.56. The summed E-state index contributed by atoms with van der Waals surface area (Å²) in [7, 11) is 0. The molecule has 2 N–H and O–H groups in total. The molecule has 0 aliphatic heterocycles. The lowest BCUT2D eigenvalue weighted by Crippen LogP contribution is -2.47. The first kappa shape index (κ1) is 24.0. The highest BCUT2D eigenvalue weighted by atomic mass is 16.3. The van der Waals surface area contributed by atoms with Crippen LogP contribution in [0.5, 0.6) is 0 Å². The topological polar surface area (TPSA) is 57.5 Å². The van der Waals surface area contributed by atoms with E-state index in [-0.39, 0.29) is 29.5 Å². The maximum absolute atomic E-state index is 13.8. The molecule has 172 valence electrons. The molecule has 0 amide bonds. The maximum atomic E-state index is 13.8. The number of Topliss-reactive ketones (excluding diaryl/α,β-unsaturated/α-hetero) is 1. The summed E-state index contributed by atoms with van der Waals surface area (Å²) in [5.74, 6) is 2.88. The molecule has 2 fully saturated rings. The largest absolute Gasteiger partial charge is 0.396 e. The third kappa shape index (κ3) is 4.44. The Morgan fingerprint density at radius 2 is 1.87 bits per heavy atom. The number of allylic oxidation sites excluding steroid dienone is 1. The van der Waals surface area contributed by atoms with Crippen molar-refractivity contribution in [1.29, 1.82) is 0 Å². The van der Waals surface area contributed by atoms with Crippen molar-refractivity contribution in [2.24, 2.45) is 40.4 Å². The lowest BCUT2D eigenvalue weighted by Gasteiger charge is -2.48. The van der Waals surface area contributed by atoms with Gasteiger partial charge in [-0.3, -0.25) is 4.79 Å². The molecule has 0 spiro atoms. The molecule has 0 aromatic carbocycles. The third-order valence-electron chi connectivity index (χ3n) is 9.39. The zero-order valence-electron chi connectivity index (χ0n) is 20.1. The van der Waals surface area contributed by atoms with Gasteiger partial charge in [-0.05, 0) is 81.0 Å². The van der Waals surface area contributed by atoms with Crippen molar-refractivity contribution in [2.45, 2.75) is 105 Å². The summed E-state index contributed by atoms with van der Waals surface area (Å²) in [5, 5.41) is 20.1. The number of ketones is 1. The van der Waals surface area contributed by atoms with Gasteiger partial charge in [0.05, 0.1) is 6.10 Å². The van der Waals surface area contributed by atoms with Crippen molar-refractivity contribution in [2.75, 3.05) is 6.61 Å². The SMILES string of the molecule is CC(C)CCC[C@@H](C)[C@H]1CC[C@@H]([C@@H]2CC=C3C[C@@H](O)CC[C@]3(C)C2=O)[C@]1(C)CCO. The number of aliphatic hydroxyl groups excluding tert-OH is 2. The highest BCUT2D eigenvalue weighted by Gasteiger charge is 2.55. The van der Waals surface area contributed by atoms with Crippen LogP contribution in [-0.4, -0.2) is 28.7 Å². The van der Waals surface area contributed by atoms with Gasteiger partial charge in [0.15, 0.2) is 0 Å². The average Bonchev–Trinajstić information content (AvgIpc) is 3.00. The molecule has 3 rings (SSSR count). The van der Waals surface area contributed by atoms with Gasteiger partial charge in [0.2, 0.25) is 0 Å². The molecule has 30 heavy (non-hydrogen) atoms. The standard InChI is InChI=1S/C27H46O3/c1-18(2)7-6-8-19(3)23-11-12-24(27(23,5)15-16-28)22-10-9-20-17-21(29)13-14-26(20,4)25(22)30/h9,18-19,21-24,28-29H,6-8,10-17H2,1-5H3/t19-,21+,22+,23-,24+,26+,27-/m1/s1. The predicted octanol–water partition coefficient (Wildman–Crippen LogP) is 5.93. The zero-order chi connectivity index (χ0) is 22.1. The van der Waals surface area contributed by atoms with Gasteiger partial charge in [-0.25, -0.2) is 0 Å². The van der Waals surface area contributed by atoms with E-state index in [0.29, 0.717) is 30.0 Å². The van der Waals surface area contributed by atoms with E-state index < -0.39 is 0 Å². The van der Waals surface area contributed by atoms with Gasteiger partial charge in [-0.2, -0.15) is 0 Å². The van der Waals surface area contributed by atoms with Gasteiger partial charge in [0.25, 0.3) is 0 Å². The van der Waals surface area contributed by atoms with Gasteiger partial charge < -0.3 is 10.2 Å². The molecule has 2 saturated carbocycles. The van der Waals surface area contributed by atoms with E-state index >= 15 is 0 Å². The summed E-state index contributed by atoms with van der Waals surface area (Å²) in [5.41, 5.74) is 0.855. The molecule has 0 heterocycles. The Bertz CT molecular complexity index is 638. The predicted molar refractivity (Wildman–Crippen MR) is 123 cm³/mol. The van der Waals surface area contributed by atoms with Crippen molar-refractivity contribution in [3.05, 3.63) is 11.6 Å². The summed E-state index contributed by atoms with van der Waals surface area (Å²) < 4.78 is 0. The molecule has 0 aromatic rings. The maximum Gasteiger partial charge on any atom is 0.146 e. The summed E-state index contributed by atoms with van der Waals surface area (Å²) in [4.78, 5) is 13.8. The zero-order valence-corrected chi connectivity index (χ0v) is 20.1. The Morgan fingerprint density at radius 3 is 2.53 bits per heavy atom. The molecule has 0 radical (unpaired) electrons. The van der Waals surface area contributed by atoms with Crippen LogP contribution in [0, 0.1) is 40.4 Å². The van der Waals surface area contributed by atoms with Crippen molar-refractivity contribution in [1.82, 2.24) is 0 Å². The highest BCUT2D eigenvalue weighted by Crippen LogP contribution is 2.59. The van der Waals surface area contributed by atoms with Gasteiger partial charge in [-0.15, -0.1) is 0 Å². The number of rotatable bonds is 8. The van der Waals surface area contributed by atoms with Gasteiger partial charge in [-0.1, -0.05) is 58.6 Å². The van der Waals surface area contributed by atoms with Crippen LogP contribution < -0.4 is 0 Å². The highest BCUT2D eigenvalue weighted by molar-refractivity contribution is 5.91. The van der Waals surface area contributed by atoms with E-state index in [0.717, 1.165) is 38.0 Å². The Labute approximate surface area is 184 Å². The lowest BCUT2D eigenvalue weighted by molar-refractivity contribution is -0.136. The van der Waals surface area contributed by atoms with Crippen molar-refractivity contribution in [3.63, 3.8) is 0 Å². The molecule has 0 bridgehead atoms. The van der Waals surface area contributed by atoms with Crippen LogP contribution in [0.15, 0.2) is 11.6 Å². The summed E-state index contributed by atoms with van der Waals surface area (Å²) in [6.07, 6.45) is 12.0. The summed E-state index contributed by atoms with van der Waals surface area (Å²) >= 11 is 0. The normalized spacial score (nSPS) is 40.4. The fourth-order valence-corrected chi connectivity index (χ4v) is 7.47. The monoisotopic (exact) mass is 418 g/mol. The van der Waals surface area contributed by atoms with Crippen LogP contribution in [0.2, 0.25) is 0 Å². The van der Waals surface area contributed by atoms with Gasteiger partial charge >= 0.3 is 0 Å². The Morgan fingerprint density at radius 1 is 1.13 bits per heavy atom. The minimum Gasteiger partial charge on any atom is -0.396 e. The van der Waals surface area contributed by atoms with Gasteiger partial charge in [0.1, 0.15) is 5.78 Å². The number of fused-ring (bicyclic) bond motifs is 1. The van der Waals surface area contributed by atoms with Crippen molar-refractivity contribution >= 4 is 5.78 Å². The number of hydrogen-bond acceptors (Lipinski definition) is 3. The summed E-state index contributed by atoms with van der Waals surface area (Å²) in [6.45, 7) is 11.7. The number of carbonyl (C=O) groups is 1. The Hall–Kier alpha value is -0.670. The van der Waals surface area contributed by atoms with Crippen LogP contribution in [0.4, 0.5) is 0 Å². The van der Waals surface area contributed by atoms with Crippen LogP contribution in [0.1, 0.15) is 98.8 Å². The molecule has 3 heteroatoms. The second-order valence-electron chi connectivity index (χ2n) is 11.7. The van der Waals surface area contributed by atoms with Crippen LogP contribution in [-0.2, 0) is 4.79 Å². The van der Waals surface area contributed by atoms with E-state index in [4.69, 9.17) is 0 Å². The molecule has 0 aromatic heterocycles. The van der Waals surface area contributed by atoms with Gasteiger partial charge in [0, 0.05) is 17.9 Å². The van der Waals surface area contributed by atoms with Crippen LogP contribution in [0.3, 0.4) is 0 Å². The Kier molecular flexibility index (Phi) is 7.55.